The van der Waals surface area contributed by atoms with Gasteiger partial charge < -0.3 is 15.4 Å². The van der Waals surface area contributed by atoms with Gasteiger partial charge in [0, 0.05) is 36.3 Å². The molecule has 2 N–H and O–H groups in total. The number of nitrogens with zero attached hydrogens (tertiary/aromatic N) is 2. The van der Waals surface area contributed by atoms with Gasteiger partial charge in [0.15, 0.2) is 0 Å². The number of benzene rings is 1. The Morgan fingerprint density at radius 1 is 1.30 bits per heavy atom. The van der Waals surface area contributed by atoms with Gasteiger partial charge in [0.1, 0.15) is 12.3 Å². The van der Waals surface area contributed by atoms with Crippen LogP contribution in [0.15, 0.2) is 42.6 Å². The van der Waals surface area contributed by atoms with Crippen molar-refractivity contribution < 1.29 is 9.53 Å². The van der Waals surface area contributed by atoms with Crippen molar-refractivity contribution in [3.05, 3.63) is 48.3 Å². The Hall–Kier alpha value is -2.34. The molecule has 1 aliphatic heterocycles. The van der Waals surface area contributed by atoms with Crippen molar-refractivity contribution in [2.75, 3.05) is 26.2 Å². The molecule has 0 spiro atoms. The van der Waals surface area contributed by atoms with E-state index in [2.05, 4.69) is 15.7 Å². The largest absolute Gasteiger partial charge is 0.493 e. The molecular weight excluding hydrogens is 340 g/mol. The van der Waals surface area contributed by atoms with E-state index in [-0.39, 0.29) is 17.9 Å². The van der Waals surface area contributed by atoms with Crippen LogP contribution >= 0.6 is 0 Å². The van der Waals surface area contributed by atoms with Crippen molar-refractivity contribution >= 4 is 5.91 Å². The third-order valence-corrected chi connectivity index (χ3v) is 5.66. The molecule has 4 rings (SSSR count). The molecule has 1 atom stereocenters. The Morgan fingerprint density at radius 2 is 2.15 bits per heavy atom. The molecule has 6 nitrogen and oxygen atoms in total. The summed E-state index contributed by atoms with van der Waals surface area (Å²) in [4.78, 5) is 12.5. The summed E-state index contributed by atoms with van der Waals surface area (Å²) in [6.45, 7) is 3.65. The molecule has 1 saturated carbocycles. The van der Waals surface area contributed by atoms with Crippen molar-refractivity contribution in [1.82, 2.24) is 20.4 Å². The monoisotopic (exact) mass is 368 g/mol. The van der Waals surface area contributed by atoms with Crippen LogP contribution in [0, 0.1) is 5.41 Å². The Morgan fingerprint density at radius 3 is 2.89 bits per heavy atom. The highest BCUT2D eigenvalue weighted by Crippen LogP contribution is 2.45. The number of para-hydroxylation sites is 1. The van der Waals surface area contributed by atoms with Gasteiger partial charge in [-0.1, -0.05) is 18.2 Å². The molecular formula is C21H28N4O2. The second-order valence-corrected chi connectivity index (χ2v) is 7.84. The molecule has 27 heavy (non-hydrogen) atoms. The first-order valence-corrected chi connectivity index (χ1v) is 9.91. The average Bonchev–Trinajstić information content (AvgIpc) is 3.35. The Labute approximate surface area is 160 Å². The molecule has 2 aliphatic rings. The van der Waals surface area contributed by atoms with Gasteiger partial charge in [-0.3, -0.25) is 9.48 Å². The first-order valence-electron chi connectivity index (χ1n) is 9.91. The van der Waals surface area contributed by atoms with Crippen molar-refractivity contribution in [3.63, 3.8) is 0 Å². The number of piperidine rings is 1. The molecule has 0 radical (unpaired) electrons. The summed E-state index contributed by atoms with van der Waals surface area (Å²) < 4.78 is 7.75. The van der Waals surface area contributed by atoms with Crippen molar-refractivity contribution in [2.45, 2.75) is 38.1 Å². The van der Waals surface area contributed by atoms with Gasteiger partial charge in [-0.2, -0.15) is 5.10 Å². The van der Waals surface area contributed by atoms with Crippen LogP contribution in [-0.4, -0.2) is 41.9 Å². The minimum absolute atomic E-state index is 0.0229. The fraction of sp³-hybridized carbons (Fsp3) is 0.524. The van der Waals surface area contributed by atoms with E-state index >= 15 is 0 Å². The van der Waals surface area contributed by atoms with Crippen molar-refractivity contribution in [3.8, 4) is 5.75 Å². The summed E-state index contributed by atoms with van der Waals surface area (Å²) >= 11 is 0. The Balaban J connectivity index is 1.26. The van der Waals surface area contributed by atoms with Crippen molar-refractivity contribution in [1.29, 1.82) is 0 Å². The molecule has 6 heteroatoms. The van der Waals surface area contributed by atoms with Gasteiger partial charge in [-0.15, -0.1) is 0 Å². The van der Waals surface area contributed by atoms with Crippen LogP contribution in [0.2, 0.25) is 0 Å². The van der Waals surface area contributed by atoms with Gasteiger partial charge >= 0.3 is 0 Å². The summed E-state index contributed by atoms with van der Waals surface area (Å²) in [5.74, 6) is 1.36. The number of amides is 1. The second kappa shape index (κ2) is 8.13. The normalized spacial score (nSPS) is 20.8. The number of ether oxygens (including phenoxy) is 1. The molecule has 1 saturated heterocycles. The maximum Gasteiger partial charge on any atom is 0.241 e. The number of carbonyl (C=O) groups is 1. The van der Waals surface area contributed by atoms with E-state index in [0.717, 1.165) is 43.8 Å². The quantitative estimate of drug-likeness (QED) is 0.750. The first kappa shape index (κ1) is 18.0. The molecule has 2 aromatic rings. The van der Waals surface area contributed by atoms with Crippen molar-refractivity contribution in [2.24, 2.45) is 5.41 Å². The molecule has 1 aromatic carbocycles. The Kier molecular flexibility index (Phi) is 5.43. The van der Waals surface area contributed by atoms with Gasteiger partial charge in [0.05, 0.1) is 6.61 Å². The zero-order chi connectivity index (χ0) is 18.5. The first-order chi connectivity index (χ1) is 13.2. The standard InChI is InChI=1S/C21H28N4O2/c26-20(14-25-19(8-12-24-25)17-5-4-11-22-13-17)23-15-21(9-10-21)16-27-18-6-2-1-3-7-18/h1-3,6-8,12,17,22H,4-5,9-11,13-16H2,(H,23,26)/t17-/m1/s1. The molecule has 1 aliphatic carbocycles. The molecule has 0 bridgehead atoms. The summed E-state index contributed by atoms with van der Waals surface area (Å²) in [5.41, 5.74) is 1.25. The predicted octanol–water partition coefficient (Wildman–Crippen LogP) is 2.33. The molecule has 144 valence electrons. The number of aromatic nitrogens is 2. The maximum absolute atomic E-state index is 12.5. The number of nitrogens with one attached hydrogen (secondary N) is 2. The van der Waals surface area contributed by atoms with Crippen LogP contribution in [-0.2, 0) is 11.3 Å². The minimum Gasteiger partial charge on any atom is -0.493 e. The zero-order valence-corrected chi connectivity index (χ0v) is 15.7. The lowest BCUT2D eigenvalue weighted by molar-refractivity contribution is -0.122. The van der Waals surface area contributed by atoms with Gasteiger partial charge in [-0.25, -0.2) is 0 Å². The lowest BCUT2D eigenvalue weighted by atomic mass is 9.96. The molecule has 2 fully saturated rings. The smallest absolute Gasteiger partial charge is 0.241 e. The maximum atomic E-state index is 12.5. The van der Waals surface area contributed by atoms with Crippen LogP contribution in [0.3, 0.4) is 0 Å². The highest BCUT2D eigenvalue weighted by atomic mass is 16.5. The summed E-state index contributed by atoms with van der Waals surface area (Å²) in [6, 6.07) is 11.9. The number of carbonyl (C=O) groups excluding carboxylic acids is 1. The van der Waals surface area contributed by atoms with Crippen LogP contribution in [0.4, 0.5) is 0 Å². The Bertz CT molecular complexity index is 749. The van der Waals surface area contributed by atoms with E-state index < -0.39 is 0 Å². The van der Waals surface area contributed by atoms with Crippen LogP contribution in [0.1, 0.15) is 37.3 Å². The van der Waals surface area contributed by atoms with E-state index in [4.69, 9.17) is 4.74 Å². The van der Waals surface area contributed by atoms with Crippen LogP contribution in [0.25, 0.3) is 0 Å². The number of hydrogen-bond acceptors (Lipinski definition) is 4. The second-order valence-electron chi connectivity index (χ2n) is 7.84. The highest BCUT2D eigenvalue weighted by Gasteiger charge is 2.43. The predicted molar refractivity (Wildman–Crippen MR) is 104 cm³/mol. The lowest BCUT2D eigenvalue weighted by Crippen LogP contribution is -2.36. The van der Waals surface area contributed by atoms with E-state index in [9.17, 15) is 4.79 Å². The fourth-order valence-corrected chi connectivity index (χ4v) is 3.71. The van der Waals surface area contributed by atoms with Gasteiger partial charge in [0.25, 0.3) is 0 Å². The van der Waals surface area contributed by atoms with Crippen LogP contribution in [0.5, 0.6) is 5.75 Å². The molecule has 1 aromatic heterocycles. The van der Waals surface area contributed by atoms with Crippen LogP contribution < -0.4 is 15.4 Å². The summed E-state index contributed by atoms with van der Waals surface area (Å²) in [7, 11) is 0. The van der Waals surface area contributed by atoms with Gasteiger partial charge in [0.2, 0.25) is 5.91 Å². The third kappa shape index (κ3) is 4.69. The van der Waals surface area contributed by atoms with E-state index in [1.54, 1.807) is 6.20 Å². The molecule has 1 amide bonds. The highest BCUT2D eigenvalue weighted by molar-refractivity contribution is 5.75. The fourth-order valence-electron chi connectivity index (χ4n) is 3.71. The third-order valence-electron chi connectivity index (χ3n) is 5.66. The molecule has 0 unspecified atom stereocenters. The van der Waals surface area contributed by atoms with E-state index in [1.165, 1.54) is 6.42 Å². The number of rotatable bonds is 8. The van der Waals surface area contributed by atoms with Gasteiger partial charge in [-0.05, 0) is 50.4 Å². The van der Waals surface area contributed by atoms with E-state index in [0.29, 0.717) is 19.1 Å². The zero-order valence-electron chi connectivity index (χ0n) is 15.7. The SMILES string of the molecule is O=C(Cn1nccc1[C@@H]1CCCNC1)NCC1(COc2ccccc2)CC1. The molecule has 2 heterocycles. The average molecular weight is 368 g/mol. The summed E-state index contributed by atoms with van der Waals surface area (Å²) in [5, 5.41) is 10.9. The lowest BCUT2D eigenvalue weighted by Gasteiger charge is -2.23. The topological polar surface area (TPSA) is 68.2 Å². The summed E-state index contributed by atoms with van der Waals surface area (Å²) in [6.07, 6.45) is 6.32. The minimum atomic E-state index is 0.0229. The number of hydrogen-bond donors (Lipinski definition) is 2. The van der Waals surface area contributed by atoms with E-state index in [1.807, 2.05) is 41.1 Å².